The summed E-state index contributed by atoms with van der Waals surface area (Å²) in [4.78, 5) is 4.19. The molecule has 14 heavy (non-hydrogen) atoms. The number of pyridine rings is 1. The number of halogens is 1. The lowest BCUT2D eigenvalue weighted by Gasteiger charge is -1.97. The average molecular weight is 244 g/mol. The van der Waals surface area contributed by atoms with Gasteiger partial charge in [-0.15, -0.1) is 10.2 Å². The molecule has 0 bridgehead atoms. The SMILES string of the molecule is Clc1ccnc(CSc2nncs2)c1. The third-order valence-corrected chi connectivity index (χ3v) is 3.59. The van der Waals surface area contributed by atoms with E-state index in [4.69, 9.17) is 11.6 Å². The van der Waals surface area contributed by atoms with Gasteiger partial charge in [0.25, 0.3) is 0 Å². The summed E-state index contributed by atoms with van der Waals surface area (Å²) in [5.41, 5.74) is 2.67. The molecule has 2 heterocycles. The molecule has 0 unspecified atom stereocenters. The van der Waals surface area contributed by atoms with Crippen LogP contribution in [0, 0.1) is 0 Å². The summed E-state index contributed by atoms with van der Waals surface area (Å²) in [5.74, 6) is 0.774. The van der Waals surface area contributed by atoms with E-state index in [1.807, 2.05) is 6.07 Å². The maximum Gasteiger partial charge on any atom is 0.174 e. The Balaban J connectivity index is 1.98. The Morgan fingerprint density at radius 3 is 3.14 bits per heavy atom. The number of hydrogen-bond acceptors (Lipinski definition) is 5. The smallest absolute Gasteiger partial charge is 0.174 e. The fourth-order valence-corrected chi connectivity index (χ4v) is 2.46. The number of nitrogens with zero attached hydrogens (tertiary/aromatic N) is 3. The zero-order chi connectivity index (χ0) is 9.80. The van der Waals surface area contributed by atoms with Crippen LogP contribution in [0.3, 0.4) is 0 Å². The van der Waals surface area contributed by atoms with Crippen LogP contribution in [-0.2, 0) is 5.75 Å². The highest BCUT2D eigenvalue weighted by Gasteiger charge is 2.00. The Labute approximate surface area is 94.5 Å². The maximum absolute atomic E-state index is 5.83. The molecule has 0 saturated carbocycles. The molecule has 0 amide bonds. The summed E-state index contributed by atoms with van der Waals surface area (Å²) < 4.78 is 0.951. The van der Waals surface area contributed by atoms with Crippen LogP contribution < -0.4 is 0 Å². The Morgan fingerprint density at radius 1 is 1.50 bits per heavy atom. The number of rotatable bonds is 3. The monoisotopic (exact) mass is 243 g/mol. The molecule has 0 atom stereocenters. The topological polar surface area (TPSA) is 38.7 Å². The lowest BCUT2D eigenvalue weighted by atomic mass is 10.4. The first-order valence-corrected chi connectivity index (χ1v) is 6.08. The van der Waals surface area contributed by atoms with E-state index in [-0.39, 0.29) is 0 Å². The highest BCUT2D eigenvalue weighted by Crippen LogP contribution is 2.23. The van der Waals surface area contributed by atoms with Crippen molar-refractivity contribution in [3.05, 3.63) is 34.6 Å². The fourth-order valence-electron chi connectivity index (χ4n) is 0.889. The molecule has 0 saturated heterocycles. The first-order chi connectivity index (χ1) is 6.84. The Kier molecular flexibility index (Phi) is 3.34. The van der Waals surface area contributed by atoms with Crippen LogP contribution in [0.15, 0.2) is 28.2 Å². The molecule has 0 aliphatic carbocycles. The van der Waals surface area contributed by atoms with Crippen LogP contribution in [0.25, 0.3) is 0 Å². The molecule has 0 N–H and O–H groups in total. The maximum atomic E-state index is 5.83. The van der Waals surface area contributed by atoms with E-state index < -0.39 is 0 Å². The van der Waals surface area contributed by atoms with Gasteiger partial charge in [0.1, 0.15) is 5.51 Å². The van der Waals surface area contributed by atoms with Crippen LogP contribution in [0.2, 0.25) is 5.02 Å². The van der Waals surface area contributed by atoms with Gasteiger partial charge < -0.3 is 0 Å². The van der Waals surface area contributed by atoms with Crippen molar-refractivity contribution in [1.29, 1.82) is 0 Å². The van der Waals surface area contributed by atoms with Crippen LogP contribution >= 0.6 is 34.7 Å². The molecule has 0 fully saturated rings. The van der Waals surface area contributed by atoms with Gasteiger partial charge in [-0.1, -0.05) is 34.7 Å². The Hall–Kier alpha value is -0.650. The largest absolute Gasteiger partial charge is 0.260 e. The number of aromatic nitrogens is 3. The quantitative estimate of drug-likeness (QED) is 0.777. The second-order valence-corrected chi connectivity index (χ2v) is 4.95. The molecule has 0 spiro atoms. The van der Waals surface area contributed by atoms with Crippen molar-refractivity contribution >= 4 is 34.7 Å². The lowest BCUT2D eigenvalue weighted by molar-refractivity contribution is 1.01. The van der Waals surface area contributed by atoms with Gasteiger partial charge in [0.05, 0.1) is 5.69 Å². The third-order valence-electron chi connectivity index (χ3n) is 1.46. The highest BCUT2D eigenvalue weighted by atomic mass is 35.5. The van der Waals surface area contributed by atoms with E-state index in [1.54, 1.807) is 29.5 Å². The predicted molar refractivity (Wildman–Crippen MR) is 58.7 cm³/mol. The van der Waals surface area contributed by atoms with Crippen molar-refractivity contribution in [3.8, 4) is 0 Å². The van der Waals surface area contributed by atoms with Gasteiger partial charge in [-0.05, 0) is 12.1 Å². The van der Waals surface area contributed by atoms with E-state index in [9.17, 15) is 0 Å². The number of thioether (sulfide) groups is 1. The van der Waals surface area contributed by atoms with Crippen molar-refractivity contribution in [3.63, 3.8) is 0 Å². The summed E-state index contributed by atoms with van der Waals surface area (Å²) in [6.07, 6.45) is 1.71. The average Bonchev–Trinajstić information content (AvgIpc) is 2.67. The lowest BCUT2D eigenvalue weighted by Crippen LogP contribution is -1.85. The van der Waals surface area contributed by atoms with Crippen molar-refractivity contribution in [2.24, 2.45) is 0 Å². The Morgan fingerprint density at radius 2 is 2.43 bits per heavy atom. The minimum Gasteiger partial charge on any atom is -0.260 e. The predicted octanol–water partition coefficient (Wildman–Crippen LogP) is 2.88. The zero-order valence-electron chi connectivity index (χ0n) is 7.05. The van der Waals surface area contributed by atoms with Gasteiger partial charge in [0.2, 0.25) is 0 Å². The molecule has 6 heteroatoms. The standard InChI is InChI=1S/C8H6ClN3S2/c9-6-1-2-10-7(3-6)4-13-8-12-11-5-14-8/h1-3,5H,4H2. The molecule has 0 aromatic carbocycles. The fraction of sp³-hybridized carbons (Fsp3) is 0.125. The summed E-state index contributed by atoms with van der Waals surface area (Å²) >= 11 is 8.97. The molecule has 2 rings (SSSR count). The first kappa shape index (κ1) is 9.89. The van der Waals surface area contributed by atoms with Crippen molar-refractivity contribution in [2.45, 2.75) is 10.1 Å². The van der Waals surface area contributed by atoms with Gasteiger partial charge in [0.15, 0.2) is 4.34 Å². The molecule has 72 valence electrons. The molecular weight excluding hydrogens is 238 g/mol. The second kappa shape index (κ2) is 4.72. The van der Waals surface area contributed by atoms with Crippen LogP contribution in [0.4, 0.5) is 0 Å². The van der Waals surface area contributed by atoms with Gasteiger partial charge in [-0.25, -0.2) is 0 Å². The highest BCUT2D eigenvalue weighted by molar-refractivity contribution is 8.00. The van der Waals surface area contributed by atoms with Gasteiger partial charge in [-0.3, -0.25) is 4.98 Å². The normalized spacial score (nSPS) is 10.4. The molecule has 3 nitrogen and oxygen atoms in total. The molecule has 0 aliphatic heterocycles. The van der Waals surface area contributed by atoms with Crippen LogP contribution in [0.1, 0.15) is 5.69 Å². The number of hydrogen-bond donors (Lipinski definition) is 0. The van der Waals surface area contributed by atoms with Crippen molar-refractivity contribution < 1.29 is 0 Å². The summed E-state index contributed by atoms with van der Waals surface area (Å²) in [7, 11) is 0. The van der Waals surface area contributed by atoms with E-state index in [0.29, 0.717) is 5.02 Å². The van der Waals surface area contributed by atoms with Crippen LogP contribution in [0.5, 0.6) is 0 Å². The van der Waals surface area contributed by atoms with E-state index in [1.165, 1.54) is 11.3 Å². The molecule has 2 aromatic heterocycles. The van der Waals surface area contributed by atoms with Crippen molar-refractivity contribution in [2.75, 3.05) is 0 Å². The molecule has 0 radical (unpaired) electrons. The van der Waals surface area contributed by atoms with Gasteiger partial charge in [0, 0.05) is 17.0 Å². The van der Waals surface area contributed by atoms with Crippen LogP contribution in [-0.4, -0.2) is 15.2 Å². The van der Waals surface area contributed by atoms with E-state index in [2.05, 4.69) is 15.2 Å². The summed E-state index contributed by atoms with van der Waals surface area (Å²) in [6.45, 7) is 0. The third kappa shape index (κ3) is 2.67. The minimum absolute atomic E-state index is 0.716. The summed E-state index contributed by atoms with van der Waals surface area (Å²) in [5, 5.41) is 8.39. The second-order valence-electron chi connectivity index (χ2n) is 2.46. The molecule has 2 aromatic rings. The first-order valence-electron chi connectivity index (χ1n) is 3.84. The van der Waals surface area contributed by atoms with Gasteiger partial charge >= 0.3 is 0 Å². The van der Waals surface area contributed by atoms with E-state index in [0.717, 1.165) is 15.8 Å². The van der Waals surface area contributed by atoms with E-state index >= 15 is 0 Å². The minimum atomic E-state index is 0.716. The van der Waals surface area contributed by atoms with Crippen molar-refractivity contribution in [1.82, 2.24) is 15.2 Å². The molecule has 0 aliphatic rings. The van der Waals surface area contributed by atoms with Gasteiger partial charge in [-0.2, -0.15) is 0 Å². The summed E-state index contributed by atoms with van der Waals surface area (Å²) in [6, 6.07) is 3.62. The Bertz CT molecular complexity index is 405. The zero-order valence-corrected chi connectivity index (χ0v) is 9.44. The molecular formula is C8H6ClN3S2.